The third-order valence-corrected chi connectivity index (χ3v) is 5.29. The lowest BCUT2D eigenvalue weighted by Crippen LogP contribution is -2.37. The fourth-order valence-electron chi connectivity index (χ4n) is 2.44. The lowest BCUT2D eigenvalue weighted by atomic mass is 10.0. The monoisotopic (exact) mass is 265 g/mol. The Hall–Kier alpha value is -0.670. The zero-order valence-electron chi connectivity index (χ0n) is 11.5. The third kappa shape index (κ3) is 3.42. The zero-order valence-corrected chi connectivity index (χ0v) is 12.3. The summed E-state index contributed by atoms with van der Waals surface area (Å²) in [6.07, 6.45) is 2.09. The van der Waals surface area contributed by atoms with Crippen molar-refractivity contribution in [3.63, 3.8) is 0 Å². The Labute approximate surface area is 113 Å². The van der Waals surface area contributed by atoms with E-state index in [4.69, 9.17) is 0 Å². The maximum Gasteiger partial charge on any atom is 0.0294 e. The van der Waals surface area contributed by atoms with Crippen molar-refractivity contribution in [2.75, 3.05) is 11.5 Å². The third-order valence-electron chi connectivity index (χ3n) is 3.90. The van der Waals surface area contributed by atoms with Gasteiger partial charge in [-0.15, -0.1) is 0 Å². The molecular weight excluding hydrogens is 242 g/mol. The highest BCUT2D eigenvalue weighted by atomic mass is 32.2. The summed E-state index contributed by atoms with van der Waals surface area (Å²) >= 11 is 0. The van der Waals surface area contributed by atoms with E-state index in [0.29, 0.717) is 12.1 Å². The summed E-state index contributed by atoms with van der Waals surface area (Å²) in [5, 5.41) is 3.67. The number of benzene rings is 1. The van der Waals surface area contributed by atoms with Crippen LogP contribution in [0.15, 0.2) is 18.2 Å². The molecule has 1 unspecified atom stereocenters. The Balaban J connectivity index is 1.96. The minimum absolute atomic E-state index is 0.376. The fourth-order valence-corrected chi connectivity index (χ4v) is 3.74. The van der Waals surface area contributed by atoms with Crippen LogP contribution in [0.1, 0.15) is 42.5 Å². The average molecular weight is 265 g/mol. The molecule has 0 amide bonds. The van der Waals surface area contributed by atoms with Crippen molar-refractivity contribution in [1.82, 2.24) is 5.32 Å². The van der Waals surface area contributed by atoms with Crippen molar-refractivity contribution >= 4 is 10.8 Å². The first kappa shape index (κ1) is 13.8. The van der Waals surface area contributed by atoms with Crippen molar-refractivity contribution in [2.45, 2.75) is 45.7 Å². The molecule has 1 aliphatic heterocycles. The van der Waals surface area contributed by atoms with E-state index >= 15 is 0 Å². The first-order valence-corrected chi connectivity index (χ1v) is 8.23. The number of nitrogens with one attached hydrogen (secondary N) is 1. The summed E-state index contributed by atoms with van der Waals surface area (Å²) in [6, 6.07) is 7.58. The van der Waals surface area contributed by atoms with E-state index in [1.807, 2.05) is 0 Å². The lowest BCUT2D eigenvalue weighted by molar-refractivity contribution is 0.427. The molecule has 0 aliphatic carbocycles. The predicted octanol–water partition coefficient (Wildman–Crippen LogP) is 2.87. The van der Waals surface area contributed by atoms with Crippen molar-refractivity contribution in [3.8, 4) is 0 Å². The van der Waals surface area contributed by atoms with Gasteiger partial charge in [-0.2, -0.15) is 0 Å². The number of hydrogen-bond acceptors (Lipinski definition) is 2. The van der Waals surface area contributed by atoms with E-state index in [1.54, 1.807) is 0 Å². The molecule has 18 heavy (non-hydrogen) atoms. The highest BCUT2D eigenvalue weighted by Crippen LogP contribution is 2.19. The predicted molar refractivity (Wildman–Crippen MR) is 78.4 cm³/mol. The second-order valence-electron chi connectivity index (χ2n) is 5.35. The molecular formula is C15H23NOS. The molecule has 1 atom stereocenters. The fraction of sp³-hybridized carbons (Fsp3) is 0.600. The van der Waals surface area contributed by atoms with Crippen LogP contribution < -0.4 is 5.32 Å². The highest BCUT2D eigenvalue weighted by Gasteiger charge is 2.19. The van der Waals surface area contributed by atoms with Crippen molar-refractivity contribution in [3.05, 3.63) is 34.9 Å². The molecule has 0 saturated carbocycles. The molecule has 1 heterocycles. The first-order chi connectivity index (χ1) is 8.56. The maximum absolute atomic E-state index is 11.3. The van der Waals surface area contributed by atoms with Crippen LogP contribution in [-0.4, -0.2) is 21.8 Å². The molecule has 0 radical (unpaired) electrons. The summed E-state index contributed by atoms with van der Waals surface area (Å²) in [5.41, 5.74) is 4.05. The molecule has 0 bridgehead atoms. The Bertz CT molecular complexity index is 434. The molecule has 2 rings (SSSR count). The van der Waals surface area contributed by atoms with Gasteiger partial charge >= 0.3 is 0 Å². The summed E-state index contributed by atoms with van der Waals surface area (Å²) in [7, 11) is -0.567. The van der Waals surface area contributed by atoms with Crippen molar-refractivity contribution < 1.29 is 4.21 Å². The summed E-state index contributed by atoms with van der Waals surface area (Å²) in [5.74, 6) is 1.72. The zero-order chi connectivity index (χ0) is 13.1. The molecule has 1 N–H and O–H groups in total. The van der Waals surface area contributed by atoms with Gasteiger partial charge < -0.3 is 5.32 Å². The van der Waals surface area contributed by atoms with Gasteiger partial charge in [-0.3, -0.25) is 4.21 Å². The molecule has 0 spiro atoms. The minimum Gasteiger partial charge on any atom is -0.307 e. The Kier molecular flexibility index (Phi) is 4.57. The summed E-state index contributed by atoms with van der Waals surface area (Å²) < 4.78 is 11.3. The van der Waals surface area contributed by atoms with Gasteiger partial charge in [0.25, 0.3) is 0 Å². The van der Waals surface area contributed by atoms with E-state index in [9.17, 15) is 4.21 Å². The van der Waals surface area contributed by atoms with Crippen molar-refractivity contribution in [1.29, 1.82) is 0 Å². The second kappa shape index (κ2) is 5.98. The van der Waals surface area contributed by atoms with Crippen molar-refractivity contribution in [2.24, 2.45) is 0 Å². The van der Waals surface area contributed by atoms with E-state index in [2.05, 4.69) is 44.3 Å². The van der Waals surface area contributed by atoms with E-state index < -0.39 is 10.8 Å². The van der Waals surface area contributed by atoms with Crippen LogP contribution >= 0.6 is 0 Å². The molecule has 1 saturated heterocycles. The summed E-state index contributed by atoms with van der Waals surface area (Å²) in [6.45, 7) is 6.53. The molecule has 1 aromatic carbocycles. The van der Waals surface area contributed by atoms with Crippen LogP contribution in [-0.2, 0) is 10.8 Å². The van der Waals surface area contributed by atoms with Crippen LogP contribution in [0, 0.1) is 13.8 Å². The first-order valence-electron chi connectivity index (χ1n) is 6.74. The number of hydrogen-bond donors (Lipinski definition) is 1. The lowest BCUT2D eigenvalue weighted by Gasteiger charge is -2.26. The number of rotatable bonds is 3. The van der Waals surface area contributed by atoms with Gasteiger partial charge in [0.15, 0.2) is 0 Å². The molecule has 1 aliphatic rings. The van der Waals surface area contributed by atoms with Gasteiger partial charge in [-0.1, -0.05) is 18.2 Å². The second-order valence-corrected chi connectivity index (χ2v) is 7.05. The van der Waals surface area contributed by atoms with Gasteiger partial charge in [-0.25, -0.2) is 0 Å². The average Bonchev–Trinajstić information content (AvgIpc) is 2.35. The number of aryl methyl sites for hydroxylation is 2. The standard InChI is InChI=1S/C15H23NOS/c1-11-4-5-14(10-12(11)2)13(3)16-15-6-8-18(17)9-7-15/h4-5,10,13,15-16H,6-9H2,1-3H3. The van der Waals surface area contributed by atoms with Crippen LogP contribution in [0.2, 0.25) is 0 Å². The quantitative estimate of drug-likeness (QED) is 0.910. The Morgan fingerprint density at radius 2 is 1.89 bits per heavy atom. The van der Waals surface area contributed by atoms with Gasteiger partial charge in [0.1, 0.15) is 0 Å². The largest absolute Gasteiger partial charge is 0.307 e. The summed E-state index contributed by atoms with van der Waals surface area (Å²) in [4.78, 5) is 0. The van der Waals surface area contributed by atoms with Crippen LogP contribution in [0.5, 0.6) is 0 Å². The molecule has 100 valence electrons. The molecule has 3 heteroatoms. The van der Waals surface area contributed by atoms with Crippen LogP contribution in [0.25, 0.3) is 0 Å². The van der Waals surface area contributed by atoms with E-state index in [0.717, 1.165) is 24.3 Å². The van der Waals surface area contributed by atoms with E-state index in [-0.39, 0.29) is 0 Å². The minimum atomic E-state index is -0.567. The highest BCUT2D eigenvalue weighted by molar-refractivity contribution is 7.85. The maximum atomic E-state index is 11.3. The normalized spacial score (nSPS) is 25.9. The van der Waals surface area contributed by atoms with Crippen LogP contribution in [0.4, 0.5) is 0 Å². The van der Waals surface area contributed by atoms with Gasteiger partial charge in [0.05, 0.1) is 0 Å². The molecule has 1 aromatic rings. The molecule has 0 aromatic heterocycles. The smallest absolute Gasteiger partial charge is 0.0294 e. The van der Waals surface area contributed by atoms with Gasteiger partial charge in [0.2, 0.25) is 0 Å². The van der Waals surface area contributed by atoms with E-state index in [1.165, 1.54) is 16.7 Å². The Morgan fingerprint density at radius 3 is 2.50 bits per heavy atom. The van der Waals surface area contributed by atoms with Crippen LogP contribution in [0.3, 0.4) is 0 Å². The molecule has 2 nitrogen and oxygen atoms in total. The topological polar surface area (TPSA) is 29.1 Å². The van der Waals surface area contributed by atoms with Gasteiger partial charge in [0, 0.05) is 34.4 Å². The van der Waals surface area contributed by atoms with Gasteiger partial charge in [-0.05, 0) is 50.3 Å². The molecule has 1 fully saturated rings. The Morgan fingerprint density at radius 1 is 1.22 bits per heavy atom. The SMILES string of the molecule is Cc1ccc(C(C)NC2CCS(=O)CC2)cc1C.